The molecular formula is C23H26N2O2S. The molecular weight excluding hydrogens is 368 g/mol. The van der Waals surface area contributed by atoms with Crippen molar-refractivity contribution in [2.24, 2.45) is 0 Å². The molecule has 0 fully saturated rings. The fourth-order valence-electron chi connectivity index (χ4n) is 4.11. The van der Waals surface area contributed by atoms with E-state index >= 15 is 0 Å². The molecule has 0 saturated carbocycles. The monoisotopic (exact) mass is 394 g/mol. The first kappa shape index (κ1) is 19.0. The van der Waals surface area contributed by atoms with Gasteiger partial charge >= 0.3 is 0 Å². The molecule has 28 heavy (non-hydrogen) atoms. The van der Waals surface area contributed by atoms with Crippen LogP contribution in [0.1, 0.15) is 35.7 Å². The van der Waals surface area contributed by atoms with Crippen molar-refractivity contribution in [3.63, 3.8) is 0 Å². The van der Waals surface area contributed by atoms with Gasteiger partial charge in [0, 0.05) is 18.0 Å². The van der Waals surface area contributed by atoms with Gasteiger partial charge in [0.1, 0.15) is 5.01 Å². The fourth-order valence-corrected chi connectivity index (χ4v) is 4.94. The van der Waals surface area contributed by atoms with Crippen LogP contribution in [0.3, 0.4) is 0 Å². The first-order valence-electron chi connectivity index (χ1n) is 9.65. The van der Waals surface area contributed by atoms with Crippen LogP contribution in [0, 0.1) is 0 Å². The summed E-state index contributed by atoms with van der Waals surface area (Å²) in [5.74, 6) is 1.47. The Hall–Kier alpha value is -2.37. The maximum Gasteiger partial charge on any atom is 0.170 e. The van der Waals surface area contributed by atoms with E-state index < -0.39 is 0 Å². The summed E-state index contributed by atoms with van der Waals surface area (Å²) in [6.45, 7) is 0.835. The van der Waals surface area contributed by atoms with Crippen molar-refractivity contribution in [3.05, 3.63) is 64.7 Å². The third-order valence-electron chi connectivity index (χ3n) is 5.47. The summed E-state index contributed by atoms with van der Waals surface area (Å²) in [6.07, 6.45) is 3.64. The molecule has 0 radical (unpaired) electrons. The molecule has 1 aromatic heterocycles. The minimum Gasteiger partial charge on any atom is -0.493 e. The summed E-state index contributed by atoms with van der Waals surface area (Å²) in [4.78, 5) is 7.33. The van der Waals surface area contributed by atoms with Gasteiger partial charge in [-0.2, -0.15) is 0 Å². The van der Waals surface area contributed by atoms with Gasteiger partial charge in [0.15, 0.2) is 11.5 Å². The molecule has 0 aliphatic heterocycles. The number of methoxy groups -OCH3 is 2. The van der Waals surface area contributed by atoms with Gasteiger partial charge in [-0.3, -0.25) is 4.90 Å². The largest absolute Gasteiger partial charge is 0.493 e. The smallest absolute Gasteiger partial charge is 0.170 e. The summed E-state index contributed by atoms with van der Waals surface area (Å²) in [5, 5.41) is 3.11. The van der Waals surface area contributed by atoms with Crippen molar-refractivity contribution in [2.75, 3.05) is 21.3 Å². The number of para-hydroxylation sites is 1. The van der Waals surface area contributed by atoms with Crippen LogP contribution in [-0.2, 0) is 13.0 Å². The van der Waals surface area contributed by atoms with E-state index in [4.69, 9.17) is 14.5 Å². The Morgan fingerprint density at radius 3 is 2.79 bits per heavy atom. The highest BCUT2D eigenvalue weighted by Gasteiger charge is 2.24. The summed E-state index contributed by atoms with van der Waals surface area (Å²) in [6, 6.07) is 15.2. The maximum absolute atomic E-state index is 5.58. The van der Waals surface area contributed by atoms with E-state index in [1.165, 1.54) is 30.4 Å². The zero-order chi connectivity index (χ0) is 19.5. The van der Waals surface area contributed by atoms with Gasteiger partial charge in [-0.15, -0.1) is 11.3 Å². The molecule has 1 atom stereocenters. The van der Waals surface area contributed by atoms with Gasteiger partial charge in [-0.05, 0) is 49.6 Å². The van der Waals surface area contributed by atoms with E-state index in [1.807, 2.05) is 18.2 Å². The second-order valence-corrected chi connectivity index (χ2v) is 8.07. The lowest BCUT2D eigenvalue weighted by atomic mass is 9.87. The predicted octanol–water partition coefficient (Wildman–Crippen LogP) is 5.34. The van der Waals surface area contributed by atoms with Crippen molar-refractivity contribution in [1.29, 1.82) is 0 Å². The molecule has 4 rings (SSSR count). The number of benzene rings is 2. The number of aromatic nitrogens is 1. The Morgan fingerprint density at radius 1 is 1.11 bits per heavy atom. The van der Waals surface area contributed by atoms with Gasteiger partial charge in [0.25, 0.3) is 0 Å². The molecule has 0 amide bonds. The second-order valence-electron chi connectivity index (χ2n) is 7.21. The number of ether oxygens (including phenoxy) is 2. The highest BCUT2D eigenvalue weighted by atomic mass is 32.1. The SMILES string of the molecule is COc1cccc(-c2nc(CN(C)[C@H]3CCCc4ccccc43)cs2)c1OC. The molecule has 0 saturated heterocycles. The van der Waals surface area contributed by atoms with E-state index in [2.05, 4.69) is 41.6 Å². The summed E-state index contributed by atoms with van der Waals surface area (Å²) < 4.78 is 11.0. The Morgan fingerprint density at radius 2 is 1.96 bits per heavy atom. The zero-order valence-electron chi connectivity index (χ0n) is 16.6. The third kappa shape index (κ3) is 3.64. The van der Waals surface area contributed by atoms with E-state index in [0.717, 1.165) is 34.3 Å². The quantitative estimate of drug-likeness (QED) is 0.565. The number of hydrogen-bond acceptors (Lipinski definition) is 5. The third-order valence-corrected chi connectivity index (χ3v) is 6.39. The number of fused-ring (bicyclic) bond motifs is 1. The lowest BCUT2D eigenvalue weighted by molar-refractivity contribution is 0.211. The molecule has 146 valence electrons. The zero-order valence-corrected chi connectivity index (χ0v) is 17.5. The summed E-state index contributed by atoms with van der Waals surface area (Å²) in [7, 11) is 5.54. The van der Waals surface area contributed by atoms with E-state index in [9.17, 15) is 0 Å². The Balaban J connectivity index is 1.55. The van der Waals surface area contributed by atoms with Gasteiger partial charge in [0.05, 0.1) is 25.5 Å². The van der Waals surface area contributed by atoms with Crippen LogP contribution < -0.4 is 9.47 Å². The van der Waals surface area contributed by atoms with Crippen LogP contribution >= 0.6 is 11.3 Å². The number of hydrogen-bond donors (Lipinski definition) is 0. The van der Waals surface area contributed by atoms with Gasteiger partial charge in [-0.1, -0.05) is 30.3 Å². The highest BCUT2D eigenvalue weighted by Crippen LogP contribution is 2.39. The number of thiazole rings is 1. The number of nitrogens with zero attached hydrogens (tertiary/aromatic N) is 2. The summed E-state index contributed by atoms with van der Waals surface area (Å²) in [5.41, 5.74) is 5.03. The molecule has 5 heteroatoms. The van der Waals surface area contributed by atoms with Gasteiger partial charge in [0.2, 0.25) is 0 Å². The fraction of sp³-hybridized carbons (Fsp3) is 0.348. The van der Waals surface area contributed by atoms with Crippen LogP contribution in [0.2, 0.25) is 0 Å². The van der Waals surface area contributed by atoms with Gasteiger partial charge < -0.3 is 9.47 Å². The average molecular weight is 395 g/mol. The van der Waals surface area contributed by atoms with E-state index in [1.54, 1.807) is 25.6 Å². The Kier molecular flexibility index (Phi) is 5.64. The Bertz CT molecular complexity index is 953. The van der Waals surface area contributed by atoms with E-state index in [-0.39, 0.29) is 0 Å². The first-order valence-corrected chi connectivity index (χ1v) is 10.5. The molecule has 1 aliphatic carbocycles. The normalized spacial score (nSPS) is 16.1. The topological polar surface area (TPSA) is 34.6 Å². The van der Waals surface area contributed by atoms with Crippen molar-refractivity contribution >= 4 is 11.3 Å². The van der Waals surface area contributed by atoms with Crippen LogP contribution in [-0.4, -0.2) is 31.2 Å². The molecule has 1 heterocycles. The van der Waals surface area contributed by atoms with E-state index in [0.29, 0.717) is 6.04 Å². The first-order chi connectivity index (χ1) is 13.7. The molecule has 0 spiro atoms. The molecule has 2 aromatic carbocycles. The standard InChI is InChI=1S/C23H26N2O2S/c1-25(20-12-6-9-16-8-4-5-10-18(16)20)14-17-15-28-23(24-17)19-11-7-13-21(26-2)22(19)27-3/h4-5,7-8,10-11,13,15,20H,6,9,12,14H2,1-3H3/t20-/m0/s1. The lowest BCUT2D eigenvalue weighted by Crippen LogP contribution is -2.27. The van der Waals surface area contributed by atoms with Crippen LogP contribution in [0.25, 0.3) is 10.6 Å². The molecule has 1 aliphatic rings. The lowest BCUT2D eigenvalue weighted by Gasteiger charge is -2.32. The summed E-state index contributed by atoms with van der Waals surface area (Å²) >= 11 is 1.65. The number of aryl methyl sites for hydroxylation is 1. The molecule has 0 unspecified atom stereocenters. The minimum atomic E-state index is 0.460. The Labute approximate surface area is 170 Å². The number of rotatable bonds is 6. The average Bonchev–Trinajstić information content (AvgIpc) is 3.20. The minimum absolute atomic E-state index is 0.460. The van der Waals surface area contributed by atoms with Crippen molar-refractivity contribution in [2.45, 2.75) is 31.8 Å². The van der Waals surface area contributed by atoms with Gasteiger partial charge in [-0.25, -0.2) is 4.98 Å². The maximum atomic E-state index is 5.58. The second kappa shape index (κ2) is 8.33. The molecule has 0 N–H and O–H groups in total. The van der Waals surface area contributed by atoms with Crippen LogP contribution in [0.4, 0.5) is 0 Å². The van der Waals surface area contributed by atoms with Crippen LogP contribution in [0.15, 0.2) is 47.8 Å². The van der Waals surface area contributed by atoms with Crippen LogP contribution in [0.5, 0.6) is 11.5 Å². The predicted molar refractivity (Wildman–Crippen MR) is 114 cm³/mol. The van der Waals surface area contributed by atoms with Crippen molar-refractivity contribution in [3.8, 4) is 22.1 Å². The molecule has 3 aromatic rings. The van der Waals surface area contributed by atoms with Crippen molar-refractivity contribution < 1.29 is 9.47 Å². The molecule has 4 nitrogen and oxygen atoms in total. The highest BCUT2D eigenvalue weighted by molar-refractivity contribution is 7.13. The van der Waals surface area contributed by atoms with Crippen molar-refractivity contribution in [1.82, 2.24) is 9.88 Å². The molecule has 0 bridgehead atoms.